The van der Waals surface area contributed by atoms with Gasteiger partial charge in [-0.1, -0.05) is 0 Å². The van der Waals surface area contributed by atoms with Crippen molar-refractivity contribution >= 4 is 27.6 Å². The molecule has 0 bridgehead atoms. The Kier molecular flexibility index (Phi) is 4.04. The Morgan fingerprint density at radius 3 is 2.60 bits per heavy atom. The number of hydrogen-bond acceptors (Lipinski definition) is 3. The minimum atomic E-state index is -0.0156. The van der Waals surface area contributed by atoms with Crippen LogP contribution in [0.1, 0.15) is 22.5 Å². The number of pyridine rings is 2. The monoisotopic (exact) mass is 334 g/mol. The zero-order valence-electron chi connectivity index (χ0n) is 11.5. The maximum absolute atomic E-state index is 12.1. The van der Waals surface area contributed by atoms with Crippen molar-refractivity contribution < 1.29 is 0 Å². The summed E-state index contributed by atoms with van der Waals surface area (Å²) in [7, 11) is 0. The highest BCUT2D eigenvalue weighted by molar-refractivity contribution is 9.10. The summed E-state index contributed by atoms with van der Waals surface area (Å²) in [6.07, 6.45) is 1.64. The second kappa shape index (κ2) is 5.58. The Hall–Kier alpha value is -1.95. The van der Waals surface area contributed by atoms with Gasteiger partial charge in [0.2, 0.25) is 0 Å². The average Bonchev–Trinajstić information content (AvgIpc) is 2.43. The lowest BCUT2D eigenvalue weighted by atomic mass is 10.1. The predicted octanol–water partition coefficient (Wildman–Crippen LogP) is 2.49. The second-order valence-corrected chi connectivity index (χ2v) is 5.45. The van der Waals surface area contributed by atoms with Crippen molar-refractivity contribution in [1.82, 2.24) is 9.97 Å². The number of aromatic amines is 1. The summed E-state index contributed by atoms with van der Waals surface area (Å²) in [4.78, 5) is 23.5. The normalized spacial score (nSPS) is 11.7. The van der Waals surface area contributed by atoms with Gasteiger partial charge in [-0.25, -0.2) is 9.98 Å². The molecule has 2 rings (SSSR count). The van der Waals surface area contributed by atoms with Crippen molar-refractivity contribution in [3.8, 4) is 0 Å². The Labute approximate surface area is 125 Å². The van der Waals surface area contributed by atoms with Gasteiger partial charge in [-0.05, 0) is 48.8 Å². The molecule has 0 atom stereocenters. The lowest BCUT2D eigenvalue weighted by molar-refractivity contribution is 1.07. The van der Waals surface area contributed by atoms with E-state index in [9.17, 15) is 4.79 Å². The molecule has 0 aromatic carbocycles. The van der Waals surface area contributed by atoms with Gasteiger partial charge in [0.15, 0.2) is 11.2 Å². The van der Waals surface area contributed by atoms with Gasteiger partial charge in [-0.2, -0.15) is 0 Å². The van der Waals surface area contributed by atoms with E-state index in [0.717, 1.165) is 10.2 Å². The Bertz CT molecular complexity index is 732. The van der Waals surface area contributed by atoms with E-state index < -0.39 is 0 Å². The number of nitrogens with two attached hydrogens (primary N) is 1. The molecule has 6 heteroatoms. The minimum Gasteiger partial charge on any atom is -0.382 e. The molecule has 0 aliphatic carbocycles. The third-order valence-electron chi connectivity index (χ3n) is 3.13. The molecule has 0 saturated carbocycles. The van der Waals surface area contributed by atoms with Crippen molar-refractivity contribution in [3.63, 3.8) is 0 Å². The van der Waals surface area contributed by atoms with Crippen molar-refractivity contribution in [2.75, 3.05) is 0 Å². The van der Waals surface area contributed by atoms with Crippen LogP contribution in [-0.4, -0.2) is 15.8 Å². The van der Waals surface area contributed by atoms with Gasteiger partial charge in [0, 0.05) is 27.5 Å². The standard InChI is InChI=1S/C14H15BrN4O/c1-7-9(3)18-12(8(2)13(7)20)14(16)19-11-5-4-10(15)6-17-11/h4-6H,1-3H3,(H,18,20)(H2,16,17,19). The molecule has 0 aliphatic rings. The number of hydrogen-bond donors (Lipinski definition) is 2. The van der Waals surface area contributed by atoms with Gasteiger partial charge in [0.05, 0.1) is 5.69 Å². The zero-order valence-corrected chi connectivity index (χ0v) is 13.1. The first-order valence-electron chi connectivity index (χ1n) is 6.06. The fraction of sp³-hybridized carbons (Fsp3) is 0.214. The van der Waals surface area contributed by atoms with Gasteiger partial charge in [0.1, 0.15) is 5.84 Å². The molecule has 0 aliphatic heterocycles. The Balaban J connectivity index is 2.51. The highest BCUT2D eigenvalue weighted by Gasteiger charge is 2.11. The molecule has 0 unspecified atom stereocenters. The number of H-pyrrole nitrogens is 1. The largest absolute Gasteiger partial charge is 0.382 e. The number of aromatic nitrogens is 2. The SMILES string of the molecule is Cc1[nH]c(C(N)=Nc2ccc(Br)cn2)c(C)c(=O)c1C. The molecule has 20 heavy (non-hydrogen) atoms. The molecule has 0 radical (unpaired) electrons. The van der Waals surface area contributed by atoms with E-state index in [2.05, 4.69) is 30.9 Å². The van der Waals surface area contributed by atoms with E-state index in [1.807, 2.05) is 13.0 Å². The van der Waals surface area contributed by atoms with Crippen LogP contribution in [0.15, 0.2) is 32.6 Å². The molecule has 2 heterocycles. The number of aliphatic imine (C=N–C) groups is 1. The summed E-state index contributed by atoms with van der Waals surface area (Å²) in [5.74, 6) is 0.738. The third kappa shape index (κ3) is 2.80. The van der Waals surface area contributed by atoms with Crippen molar-refractivity contribution in [1.29, 1.82) is 0 Å². The van der Waals surface area contributed by atoms with E-state index in [4.69, 9.17) is 5.73 Å². The molecule has 2 aromatic rings. The highest BCUT2D eigenvalue weighted by atomic mass is 79.9. The van der Waals surface area contributed by atoms with Crippen LogP contribution >= 0.6 is 15.9 Å². The number of nitrogens with zero attached hydrogens (tertiary/aromatic N) is 2. The molecule has 2 aromatic heterocycles. The van der Waals surface area contributed by atoms with E-state index in [1.54, 1.807) is 26.1 Å². The van der Waals surface area contributed by atoms with Crippen LogP contribution in [0.5, 0.6) is 0 Å². The van der Waals surface area contributed by atoms with Crippen LogP contribution in [0.4, 0.5) is 5.82 Å². The van der Waals surface area contributed by atoms with Crippen LogP contribution in [0.2, 0.25) is 0 Å². The number of nitrogens with one attached hydrogen (secondary N) is 1. The summed E-state index contributed by atoms with van der Waals surface area (Å²) >= 11 is 3.31. The van der Waals surface area contributed by atoms with Gasteiger partial charge >= 0.3 is 0 Å². The summed E-state index contributed by atoms with van der Waals surface area (Å²) in [5, 5.41) is 0. The Morgan fingerprint density at radius 2 is 2.00 bits per heavy atom. The number of rotatable bonds is 2. The molecule has 5 nitrogen and oxygen atoms in total. The lowest BCUT2D eigenvalue weighted by Crippen LogP contribution is -2.24. The molecule has 0 fully saturated rings. The maximum Gasteiger partial charge on any atom is 0.188 e. The van der Waals surface area contributed by atoms with Gasteiger partial charge in [0.25, 0.3) is 0 Å². The molecular formula is C14H15BrN4O. The van der Waals surface area contributed by atoms with Crippen LogP contribution in [-0.2, 0) is 0 Å². The van der Waals surface area contributed by atoms with Crippen LogP contribution in [0.3, 0.4) is 0 Å². The van der Waals surface area contributed by atoms with Gasteiger partial charge in [-0.15, -0.1) is 0 Å². The molecule has 0 spiro atoms. The lowest BCUT2D eigenvalue weighted by Gasteiger charge is -2.09. The van der Waals surface area contributed by atoms with Crippen LogP contribution < -0.4 is 11.2 Å². The average molecular weight is 335 g/mol. The number of amidine groups is 1. The van der Waals surface area contributed by atoms with Gasteiger partial charge < -0.3 is 10.7 Å². The zero-order chi connectivity index (χ0) is 14.9. The van der Waals surface area contributed by atoms with Crippen LogP contribution in [0.25, 0.3) is 0 Å². The highest BCUT2D eigenvalue weighted by Crippen LogP contribution is 2.14. The topological polar surface area (TPSA) is 84.1 Å². The molecule has 0 saturated heterocycles. The Morgan fingerprint density at radius 1 is 1.30 bits per heavy atom. The smallest absolute Gasteiger partial charge is 0.188 e. The fourth-order valence-electron chi connectivity index (χ4n) is 1.81. The number of aryl methyl sites for hydroxylation is 1. The van der Waals surface area contributed by atoms with Crippen molar-refractivity contribution in [2.24, 2.45) is 10.7 Å². The van der Waals surface area contributed by atoms with Crippen LogP contribution in [0, 0.1) is 20.8 Å². The van der Waals surface area contributed by atoms with Gasteiger partial charge in [-0.3, -0.25) is 4.79 Å². The maximum atomic E-state index is 12.1. The summed E-state index contributed by atoms with van der Waals surface area (Å²) in [5.41, 5.74) is 8.56. The summed E-state index contributed by atoms with van der Waals surface area (Å²) < 4.78 is 0.866. The summed E-state index contributed by atoms with van der Waals surface area (Å²) in [6, 6.07) is 3.57. The molecule has 104 valence electrons. The summed E-state index contributed by atoms with van der Waals surface area (Å²) in [6.45, 7) is 5.36. The predicted molar refractivity (Wildman–Crippen MR) is 83.6 cm³/mol. The van der Waals surface area contributed by atoms with E-state index >= 15 is 0 Å². The fourth-order valence-corrected chi connectivity index (χ4v) is 2.04. The third-order valence-corrected chi connectivity index (χ3v) is 3.60. The molecule has 0 amide bonds. The van der Waals surface area contributed by atoms with E-state index in [0.29, 0.717) is 22.6 Å². The molecular weight excluding hydrogens is 320 g/mol. The first kappa shape index (κ1) is 14.5. The van der Waals surface area contributed by atoms with E-state index in [-0.39, 0.29) is 11.3 Å². The van der Waals surface area contributed by atoms with Crippen molar-refractivity contribution in [3.05, 3.63) is 55.5 Å². The molecule has 3 N–H and O–H groups in total. The first-order chi connectivity index (χ1) is 9.40. The van der Waals surface area contributed by atoms with Crippen molar-refractivity contribution in [2.45, 2.75) is 20.8 Å². The van der Waals surface area contributed by atoms with E-state index in [1.165, 1.54) is 0 Å². The second-order valence-electron chi connectivity index (χ2n) is 4.54. The minimum absolute atomic E-state index is 0.0156. The quantitative estimate of drug-likeness (QED) is 0.653. The first-order valence-corrected chi connectivity index (χ1v) is 6.85. The number of halogens is 1.